The molecule has 0 saturated heterocycles. The van der Waals surface area contributed by atoms with Crippen molar-refractivity contribution in [3.05, 3.63) is 65.0 Å². The number of nitrogens with zero attached hydrogens (tertiary/aromatic N) is 1. The molecule has 0 aliphatic carbocycles. The van der Waals surface area contributed by atoms with Crippen LogP contribution in [0.4, 0.5) is 0 Å². The molecule has 2 rings (SSSR count). The van der Waals surface area contributed by atoms with Crippen LogP contribution in [-0.4, -0.2) is 27.1 Å². The summed E-state index contributed by atoms with van der Waals surface area (Å²) in [5, 5.41) is 18.0. The summed E-state index contributed by atoms with van der Waals surface area (Å²) in [5.41, 5.74) is 1.45. The van der Waals surface area contributed by atoms with E-state index >= 15 is 0 Å². The van der Waals surface area contributed by atoms with Gasteiger partial charge in [-0.2, -0.15) is 0 Å². The highest BCUT2D eigenvalue weighted by atomic mass is 16.4. The minimum atomic E-state index is -1.18. The maximum Gasteiger partial charge on any atom is 0.337 e. The number of hydrogen-bond donors (Lipinski definition) is 2. The van der Waals surface area contributed by atoms with Crippen LogP contribution < -0.4 is 0 Å². The van der Waals surface area contributed by atoms with Gasteiger partial charge < -0.3 is 10.2 Å². The summed E-state index contributed by atoms with van der Waals surface area (Å²) < 4.78 is 0. The van der Waals surface area contributed by atoms with Crippen molar-refractivity contribution in [1.82, 2.24) is 4.98 Å². The van der Waals surface area contributed by atoms with E-state index in [9.17, 15) is 9.59 Å². The second-order valence-electron chi connectivity index (χ2n) is 4.67. The van der Waals surface area contributed by atoms with E-state index < -0.39 is 11.9 Å². The predicted octanol–water partition coefficient (Wildman–Crippen LogP) is 2.65. The van der Waals surface area contributed by atoms with Gasteiger partial charge in [0, 0.05) is 6.20 Å². The molecule has 2 aromatic rings. The van der Waals surface area contributed by atoms with Gasteiger partial charge in [0.2, 0.25) is 0 Å². The number of carboxylic acids is 2. The van der Waals surface area contributed by atoms with Crippen molar-refractivity contribution in [3.63, 3.8) is 0 Å². The normalized spacial score (nSPS) is 10.3. The standard InChI is InChI=1S/C16H15NO4/c18-15(19)12-9-13(16(20)21)14(17-10-12)8-4-7-11-5-2-1-3-6-11/h1-3,5-6,9-10H,4,7-8H2,(H,18,19)(H,20,21). The number of rotatable bonds is 6. The van der Waals surface area contributed by atoms with Crippen molar-refractivity contribution >= 4 is 11.9 Å². The first-order valence-corrected chi connectivity index (χ1v) is 6.57. The van der Waals surface area contributed by atoms with Gasteiger partial charge in [0.15, 0.2) is 0 Å². The Morgan fingerprint density at radius 1 is 1.00 bits per heavy atom. The molecule has 5 nitrogen and oxygen atoms in total. The average Bonchev–Trinajstić information content (AvgIpc) is 2.48. The second-order valence-corrected chi connectivity index (χ2v) is 4.67. The second kappa shape index (κ2) is 6.65. The molecule has 2 N–H and O–H groups in total. The van der Waals surface area contributed by atoms with Crippen molar-refractivity contribution in [3.8, 4) is 0 Å². The topological polar surface area (TPSA) is 87.5 Å². The fraction of sp³-hybridized carbons (Fsp3) is 0.188. The summed E-state index contributed by atoms with van der Waals surface area (Å²) >= 11 is 0. The lowest BCUT2D eigenvalue weighted by atomic mass is 10.0. The minimum absolute atomic E-state index is 0.0389. The highest BCUT2D eigenvalue weighted by Crippen LogP contribution is 2.13. The lowest BCUT2D eigenvalue weighted by Gasteiger charge is -2.06. The molecule has 0 amide bonds. The predicted molar refractivity (Wildman–Crippen MR) is 76.6 cm³/mol. The molecule has 0 radical (unpaired) electrons. The quantitative estimate of drug-likeness (QED) is 0.852. The number of aryl methyl sites for hydroxylation is 2. The molecule has 0 aliphatic heterocycles. The Morgan fingerprint density at radius 3 is 2.33 bits per heavy atom. The van der Waals surface area contributed by atoms with Crippen LogP contribution in [0.3, 0.4) is 0 Å². The van der Waals surface area contributed by atoms with Crippen molar-refractivity contribution in [2.24, 2.45) is 0 Å². The van der Waals surface area contributed by atoms with Crippen LogP contribution in [-0.2, 0) is 12.8 Å². The molecule has 108 valence electrons. The van der Waals surface area contributed by atoms with Gasteiger partial charge in [-0.15, -0.1) is 0 Å². The van der Waals surface area contributed by atoms with E-state index in [-0.39, 0.29) is 11.1 Å². The van der Waals surface area contributed by atoms with Crippen LogP contribution >= 0.6 is 0 Å². The van der Waals surface area contributed by atoms with E-state index in [1.807, 2.05) is 30.3 Å². The van der Waals surface area contributed by atoms with E-state index in [0.29, 0.717) is 12.1 Å². The van der Waals surface area contributed by atoms with Gasteiger partial charge in [-0.3, -0.25) is 4.98 Å². The number of benzene rings is 1. The molecule has 1 heterocycles. The van der Waals surface area contributed by atoms with Gasteiger partial charge in [0.25, 0.3) is 0 Å². The fourth-order valence-corrected chi connectivity index (χ4v) is 2.10. The van der Waals surface area contributed by atoms with E-state index in [4.69, 9.17) is 10.2 Å². The summed E-state index contributed by atoms with van der Waals surface area (Å²) in [6.45, 7) is 0. The van der Waals surface area contributed by atoms with Crippen LogP contribution in [0, 0.1) is 0 Å². The highest BCUT2D eigenvalue weighted by molar-refractivity contribution is 5.94. The first-order valence-electron chi connectivity index (χ1n) is 6.57. The Labute approximate surface area is 121 Å². The van der Waals surface area contributed by atoms with Crippen LogP contribution in [0.25, 0.3) is 0 Å². The largest absolute Gasteiger partial charge is 0.478 e. The highest BCUT2D eigenvalue weighted by Gasteiger charge is 2.15. The monoisotopic (exact) mass is 285 g/mol. The van der Waals surface area contributed by atoms with E-state index in [1.54, 1.807) is 0 Å². The Morgan fingerprint density at radius 2 is 1.71 bits per heavy atom. The Hall–Kier alpha value is -2.69. The molecule has 0 spiro atoms. The van der Waals surface area contributed by atoms with E-state index in [1.165, 1.54) is 11.8 Å². The lowest BCUT2D eigenvalue weighted by molar-refractivity contribution is 0.0695. The molecule has 0 unspecified atom stereocenters. The van der Waals surface area contributed by atoms with Crippen molar-refractivity contribution in [2.45, 2.75) is 19.3 Å². The zero-order valence-electron chi connectivity index (χ0n) is 11.3. The number of pyridine rings is 1. The average molecular weight is 285 g/mol. The minimum Gasteiger partial charge on any atom is -0.478 e. The van der Waals surface area contributed by atoms with Crippen LogP contribution in [0.1, 0.15) is 38.4 Å². The first-order chi connectivity index (χ1) is 10.1. The fourth-order valence-electron chi connectivity index (χ4n) is 2.10. The van der Waals surface area contributed by atoms with Gasteiger partial charge in [0.05, 0.1) is 16.8 Å². The third-order valence-electron chi connectivity index (χ3n) is 3.17. The Bertz CT molecular complexity index is 653. The zero-order chi connectivity index (χ0) is 15.2. The zero-order valence-corrected chi connectivity index (χ0v) is 11.3. The number of hydrogen-bond acceptors (Lipinski definition) is 3. The van der Waals surface area contributed by atoms with Crippen LogP contribution in [0.2, 0.25) is 0 Å². The summed E-state index contributed by atoms with van der Waals surface area (Å²) in [6, 6.07) is 11.0. The number of carboxylic acid groups (broad SMARTS) is 2. The summed E-state index contributed by atoms with van der Waals surface area (Å²) in [5.74, 6) is -2.33. The van der Waals surface area contributed by atoms with E-state index in [0.717, 1.165) is 18.9 Å². The molecule has 0 fully saturated rings. The smallest absolute Gasteiger partial charge is 0.337 e. The van der Waals surface area contributed by atoms with Crippen molar-refractivity contribution < 1.29 is 19.8 Å². The Kier molecular flexibility index (Phi) is 4.66. The maximum absolute atomic E-state index is 11.2. The number of aromatic carboxylic acids is 2. The maximum atomic E-state index is 11.2. The molecule has 1 aromatic carbocycles. The van der Waals surface area contributed by atoms with Crippen molar-refractivity contribution in [2.75, 3.05) is 0 Å². The molecule has 0 aliphatic rings. The lowest BCUT2D eigenvalue weighted by Crippen LogP contribution is -2.09. The van der Waals surface area contributed by atoms with Gasteiger partial charge in [0.1, 0.15) is 0 Å². The van der Waals surface area contributed by atoms with Gasteiger partial charge in [-0.25, -0.2) is 9.59 Å². The third-order valence-corrected chi connectivity index (χ3v) is 3.17. The molecule has 0 bridgehead atoms. The summed E-state index contributed by atoms with van der Waals surface area (Å²) in [4.78, 5) is 26.0. The number of aromatic nitrogens is 1. The van der Waals surface area contributed by atoms with E-state index in [2.05, 4.69) is 4.98 Å². The first kappa shape index (κ1) is 14.7. The molecular formula is C16H15NO4. The summed E-state index contributed by atoms with van der Waals surface area (Å²) in [7, 11) is 0. The van der Waals surface area contributed by atoms with Crippen LogP contribution in [0.15, 0.2) is 42.6 Å². The molecule has 21 heavy (non-hydrogen) atoms. The molecule has 5 heteroatoms. The molecular weight excluding hydrogens is 270 g/mol. The summed E-state index contributed by atoms with van der Waals surface area (Å²) in [6.07, 6.45) is 3.27. The van der Waals surface area contributed by atoms with Crippen LogP contribution in [0.5, 0.6) is 0 Å². The Balaban J connectivity index is 2.09. The molecule has 0 atom stereocenters. The molecule has 0 saturated carbocycles. The van der Waals surface area contributed by atoms with Gasteiger partial charge in [-0.05, 0) is 30.9 Å². The van der Waals surface area contributed by atoms with Crippen molar-refractivity contribution in [1.29, 1.82) is 0 Å². The SMILES string of the molecule is O=C(O)c1cnc(CCCc2ccccc2)c(C(=O)O)c1. The van der Waals surface area contributed by atoms with Gasteiger partial charge >= 0.3 is 11.9 Å². The number of carbonyl (C=O) groups is 2. The molecule has 1 aromatic heterocycles. The third kappa shape index (κ3) is 3.89. The van der Waals surface area contributed by atoms with Gasteiger partial charge in [-0.1, -0.05) is 30.3 Å².